The van der Waals surface area contributed by atoms with Crippen molar-refractivity contribution in [3.63, 3.8) is 0 Å². The normalized spacial score (nSPS) is 9.82. The maximum atomic E-state index is 11.1. The minimum atomic E-state index is -0.573. The van der Waals surface area contributed by atoms with Crippen LogP contribution in [0.4, 0.5) is 22.0 Å². The Morgan fingerprint density at radius 2 is 2.00 bits per heavy atom. The zero-order chi connectivity index (χ0) is 16.3. The van der Waals surface area contributed by atoms with Crippen molar-refractivity contribution in [2.24, 2.45) is 0 Å². The topological polar surface area (TPSA) is 130 Å². The number of anilines is 3. The van der Waals surface area contributed by atoms with E-state index in [2.05, 4.69) is 15.0 Å². The Balaban J connectivity index is 2.52. The number of nitrogen functional groups attached to an aromatic ring is 2. The Morgan fingerprint density at radius 3 is 2.55 bits per heavy atom. The van der Waals surface area contributed by atoms with E-state index in [4.69, 9.17) is 23.7 Å². The fourth-order valence-corrected chi connectivity index (χ4v) is 2.19. The number of nitrogens with zero attached hydrogens (tertiary/aromatic N) is 1. The molecule has 112 valence electrons. The predicted molar refractivity (Wildman–Crippen MR) is 86.6 cm³/mol. The lowest BCUT2D eigenvalue weighted by atomic mass is 10.00. The molecule has 0 aliphatic rings. The van der Waals surface area contributed by atoms with Gasteiger partial charge in [0.2, 0.25) is 0 Å². The second-order valence-electron chi connectivity index (χ2n) is 4.34. The molecular formula is C14H13N5O2S. The number of H-pyrrole nitrogens is 1. The number of methoxy groups -OCH3 is 1. The third-order valence-corrected chi connectivity index (χ3v) is 3.31. The summed E-state index contributed by atoms with van der Waals surface area (Å²) >= 11 is 5.10. The molecule has 2 rings (SSSR count). The number of hydrogen-bond donors (Lipinski definition) is 4. The highest BCUT2D eigenvalue weighted by Gasteiger charge is 2.14. The number of nitrogens with one attached hydrogen (secondary N) is 2. The molecular weight excluding hydrogens is 302 g/mol. The Kier molecular flexibility index (Phi) is 4.29. The molecule has 0 aliphatic heterocycles. The van der Waals surface area contributed by atoms with Gasteiger partial charge in [0.15, 0.2) is 0 Å². The van der Waals surface area contributed by atoms with Crippen LogP contribution in [0.15, 0.2) is 24.3 Å². The maximum absolute atomic E-state index is 11.1. The number of rotatable bonds is 2. The summed E-state index contributed by atoms with van der Waals surface area (Å²) in [5.41, 5.74) is 13.9. The van der Waals surface area contributed by atoms with Crippen LogP contribution in [0.2, 0.25) is 0 Å². The van der Waals surface area contributed by atoms with Crippen LogP contribution in [0.3, 0.4) is 0 Å². The highest BCUT2D eigenvalue weighted by molar-refractivity contribution is 7.71. The second kappa shape index (κ2) is 6.15. The van der Waals surface area contributed by atoms with Crippen molar-refractivity contribution in [1.82, 2.24) is 4.98 Å². The molecule has 7 nitrogen and oxygen atoms in total. The number of amides is 1. The van der Waals surface area contributed by atoms with Crippen LogP contribution in [0.1, 0.15) is 5.56 Å². The molecule has 1 aromatic carbocycles. The Morgan fingerprint density at radius 1 is 1.36 bits per heavy atom. The van der Waals surface area contributed by atoms with E-state index in [0.29, 0.717) is 16.8 Å². The number of aromatic nitrogens is 1. The molecule has 0 aliphatic carbocycles. The van der Waals surface area contributed by atoms with Crippen molar-refractivity contribution >= 4 is 35.5 Å². The molecule has 1 aromatic heterocycles. The van der Waals surface area contributed by atoms with Crippen LogP contribution >= 0.6 is 12.2 Å². The highest BCUT2D eigenvalue weighted by atomic mass is 32.1. The molecule has 0 unspecified atom stereocenters. The third kappa shape index (κ3) is 2.84. The Hall–Kier alpha value is -3.05. The molecule has 1 heterocycles. The number of benzene rings is 1. The van der Waals surface area contributed by atoms with E-state index < -0.39 is 6.09 Å². The highest BCUT2D eigenvalue weighted by Crippen LogP contribution is 2.33. The van der Waals surface area contributed by atoms with E-state index in [-0.39, 0.29) is 21.7 Å². The first-order valence-electron chi connectivity index (χ1n) is 6.14. The van der Waals surface area contributed by atoms with Gasteiger partial charge in [-0.25, -0.2) is 4.79 Å². The van der Waals surface area contributed by atoms with Crippen LogP contribution in [0, 0.1) is 16.0 Å². The van der Waals surface area contributed by atoms with E-state index in [1.807, 2.05) is 6.07 Å². The molecule has 0 fully saturated rings. The summed E-state index contributed by atoms with van der Waals surface area (Å²) in [6, 6.07) is 8.74. The van der Waals surface area contributed by atoms with Crippen LogP contribution in [0.5, 0.6) is 0 Å². The smallest absolute Gasteiger partial charge is 0.411 e. The molecule has 0 saturated heterocycles. The van der Waals surface area contributed by atoms with Crippen molar-refractivity contribution in [3.05, 3.63) is 34.5 Å². The SMILES string of the molecule is COC(=O)Nc1ccc(-c2c(N)c(N)[nH]c(=S)c2C#N)cc1. The second-order valence-corrected chi connectivity index (χ2v) is 4.75. The van der Waals surface area contributed by atoms with Crippen molar-refractivity contribution in [2.45, 2.75) is 0 Å². The van der Waals surface area contributed by atoms with E-state index in [1.165, 1.54) is 7.11 Å². The number of nitrogens with two attached hydrogens (primary N) is 2. The molecule has 0 bridgehead atoms. The van der Waals surface area contributed by atoms with Gasteiger partial charge in [-0.2, -0.15) is 5.26 Å². The molecule has 1 amide bonds. The van der Waals surface area contributed by atoms with Gasteiger partial charge >= 0.3 is 6.09 Å². The first kappa shape index (κ1) is 15.3. The number of carbonyl (C=O) groups is 1. The lowest BCUT2D eigenvalue weighted by Gasteiger charge is -2.11. The Bertz CT molecular complexity index is 821. The predicted octanol–water partition coefficient (Wildman–Crippen LogP) is 2.63. The lowest BCUT2D eigenvalue weighted by molar-refractivity contribution is 0.187. The van der Waals surface area contributed by atoms with Gasteiger partial charge in [-0.15, -0.1) is 0 Å². The first-order chi connectivity index (χ1) is 10.5. The van der Waals surface area contributed by atoms with Crippen LogP contribution in [0.25, 0.3) is 11.1 Å². The summed E-state index contributed by atoms with van der Waals surface area (Å²) in [6.07, 6.45) is -0.573. The molecule has 2 aromatic rings. The van der Waals surface area contributed by atoms with Gasteiger partial charge in [0, 0.05) is 11.3 Å². The fourth-order valence-electron chi connectivity index (χ4n) is 1.93. The molecule has 22 heavy (non-hydrogen) atoms. The number of aromatic amines is 1. The summed E-state index contributed by atoms with van der Waals surface area (Å²) in [7, 11) is 1.28. The number of hydrogen-bond acceptors (Lipinski definition) is 6. The van der Waals surface area contributed by atoms with Gasteiger partial charge in [-0.05, 0) is 17.7 Å². The van der Waals surface area contributed by atoms with Crippen molar-refractivity contribution < 1.29 is 9.53 Å². The summed E-state index contributed by atoms with van der Waals surface area (Å²) in [4.78, 5) is 13.8. The van der Waals surface area contributed by atoms with E-state index in [1.54, 1.807) is 24.3 Å². The molecule has 0 spiro atoms. The van der Waals surface area contributed by atoms with E-state index >= 15 is 0 Å². The average Bonchev–Trinajstić information content (AvgIpc) is 2.51. The molecule has 0 saturated carbocycles. The van der Waals surface area contributed by atoms with Gasteiger partial charge in [0.1, 0.15) is 16.5 Å². The van der Waals surface area contributed by atoms with E-state index in [9.17, 15) is 10.1 Å². The van der Waals surface area contributed by atoms with Gasteiger partial charge in [-0.3, -0.25) is 5.32 Å². The largest absolute Gasteiger partial charge is 0.453 e. The summed E-state index contributed by atoms with van der Waals surface area (Å²) < 4.78 is 4.73. The van der Waals surface area contributed by atoms with Gasteiger partial charge < -0.3 is 21.2 Å². The quantitative estimate of drug-likeness (QED) is 0.630. The van der Waals surface area contributed by atoms with Crippen molar-refractivity contribution in [2.75, 3.05) is 23.9 Å². The summed E-state index contributed by atoms with van der Waals surface area (Å²) in [6.45, 7) is 0. The van der Waals surface area contributed by atoms with Crippen LogP contribution < -0.4 is 16.8 Å². The number of nitriles is 1. The molecule has 0 radical (unpaired) electrons. The zero-order valence-corrected chi connectivity index (χ0v) is 12.5. The van der Waals surface area contributed by atoms with Gasteiger partial charge in [-0.1, -0.05) is 24.4 Å². The number of pyridine rings is 1. The molecule has 8 heteroatoms. The molecule has 6 N–H and O–H groups in total. The summed E-state index contributed by atoms with van der Waals surface area (Å²) in [5.74, 6) is 0.204. The first-order valence-corrected chi connectivity index (χ1v) is 6.55. The molecule has 0 atom stereocenters. The summed E-state index contributed by atoms with van der Waals surface area (Å²) in [5, 5.41) is 11.8. The minimum Gasteiger partial charge on any atom is -0.453 e. The zero-order valence-electron chi connectivity index (χ0n) is 11.6. The third-order valence-electron chi connectivity index (χ3n) is 3.00. The number of ether oxygens (including phenoxy) is 1. The monoisotopic (exact) mass is 315 g/mol. The van der Waals surface area contributed by atoms with Gasteiger partial charge in [0.05, 0.1) is 18.4 Å². The van der Waals surface area contributed by atoms with E-state index in [0.717, 1.165) is 0 Å². The van der Waals surface area contributed by atoms with Gasteiger partial charge in [0.25, 0.3) is 0 Å². The van der Waals surface area contributed by atoms with Crippen molar-refractivity contribution in [1.29, 1.82) is 5.26 Å². The van der Waals surface area contributed by atoms with Crippen LogP contribution in [-0.4, -0.2) is 18.2 Å². The average molecular weight is 315 g/mol. The minimum absolute atomic E-state index is 0.204. The number of carbonyl (C=O) groups excluding carboxylic acids is 1. The standard InChI is InChI=1S/C14H13N5O2S/c1-21-14(20)18-8-4-2-7(3-5-8)10-9(6-15)13(22)19-12(17)11(10)16/h2-5H,16H2,1H3,(H,18,20)(H3,17,19,22). The maximum Gasteiger partial charge on any atom is 0.411 e. The van der Waals surface area contributed by atoms with Crippen LogP contribution in [-0.2, 0) is 4.74 Å². The lowest BCUT2D eigenvalue weighted by Crippen LogP contribution is -2.10. The Labute approximate surface area is 131 Å². The van der Waals surface area contributed by atoms with Crippen molar-refractivity contribution in [3.8, 4) is 17.2 Å². The fraction of sp³-hybridized carbons (Fsp3) is 0.0714.